The number of fused-ring (bicyclic) bond motifs is 1. The van der Waals surface area contributed by atoms with Gasteiger partial charge in [0, 0.05) is 17.5 Å². The van der Waals surface area contributed by atoms with Gasteiger partial charge >= 0.3 is 0 Å². The van der Waals surface area contributed by atoms with Crippen LogP contribution in [0.25, 0.3) is 21.3 Å². The van der Waals surface area contributed by atoms with Gasteiger partial charge in [-0.1, -0.05) is 17.4 Å². The lowest BCUT2D eigenvalue weighted by atomic mass is 10.0. The van der Waals surface area contributed by atoms with Crippen LogP contribution in [0.2, 0.25) is 0 Å². The average Bonchev–Trinajstić information content (AvgIpc) is 3.13. The number of nitrogens with one attached hydrogen (secondary N) is 1. The molecule has 1 amide bonds. The van der Waals surface area contributed by atoms with Crippen molar-refractivity contribution in [3.63, 3.8) is 0 Å². The molecule has 0 bridgehead atoms. The summed E-state index contributed by atoms with van der Waals surface area (Å²) in [5, 5.41) is 3.24. The number of thiazole rings is 1. The van der Waals surface area contributed by atoms with Crippen LogP contribution in [0.5, 0.6) is 0 Å². The number of carbonyl (C=O) groups is 1. The van der Waals surface area contributed by atoms with Crippen LogP contribution in [0.15, 0.2) is 30.5 Å². The fourth-order valence-electron chi connectivity index (χ4n) is 2.78. The van der Waals surface area contributed by atoms with E-state index in [2.05, 4.69) is 34.3 Å². The Bertz CT molecular complexity index is 953. The summed E-state index contributed by atoms with van der Waals surface area (Å²) < 4.78 is 13.9. The summed E-state index contributed by atoms with van der Waals surface area (Å²) in [5.41, 5.74) is 5.14. The Morgan fingerprint density at radius 1 is 1.33 bits per heavy atom. The predicted octanol–water partition coefficient (Wildman–Crippen LogP) is 4.27. The van der Waals surface area contributed by atoms with E-state index in [-0.39, 0.29) is 5.91 Å². The summed E-state index contributed by atoms with van der Waals surface area (Å²) >= 11 is 1.40. The quantitative estimate of drug-likeness (QED) is 0.774. The number of aryl methyl sites for hydroxylation is 2. The zero-order valence-electron chi connectivity index (χ0n) is 13.3. The van der Waals surface area contributed by atoms with Crippen LogP contribution in [-0.4, -0.2) is 22.0 Å². The maximum absolute atomic E-state index is 13.0. The lowest BCUT2D eigenvalue weighted by Gasteiger charge is -2.06. The molecule has 122 valence electrons. The van der Waals surface area contributed by atoms with Crippen molar-refractivity contribution in [2.45, 2.75) is 26.4 Å². The van der Waals surface area contributed by atoms with Crippen LogP contribution >= 0.6 is 11.3 Å². The molecule has 1 unspecified atom stereocenters. The van der Waals surface area contributed by atoms with Crippen LogP contribution < -0.4 is 5.32 Å². The highest BCUT2D eigenvalue weighted by atomic mass is 32.1. The van der Waals surface area contributed by atoms with Crippen LogP contribution in [-0.2, 0) is 4.79 Å². The van der Waals surface area contributed by atoms with Gasteiger partial charge in [0.25, 0.3) is 0 Å². The summed E-state index contributed by atoms with van der Waals surface area (Å²) in [6.45, 7) is 4.04. The van der Waals surface area contributed by atoms with Gasteiger partial charge in [-0.2, -0.15) is 0 Å². The van der Waals surface area contributed by atoms with E-state index in [1.54, 1.807) is 0 Å². The summed E-state index contributed by atoms with van der Waals surface area (Å²) in [5.74, 6) is -0.783. The maximum atomic E-state index is 13.0. The molecule has 6 heteroatoms. The first-order valence-corrected chi connectivity index (χ1v) is 8.62. The third-order valence-electron chi connectivity index (χ3n) is 4.23. The Labute approximate surface area is 142 Å². The third-order valence-corrected chi connectivity index (χ3v) is 5.16. The fourth-order valence-corrected chi connectivity index (χ4v) is 3.69. The number of amides is 1. The number of pyridine rings is 1. The Morgan fingerprint density at radius 3 is 2.83 bits per heavy atom. The molecule has 0 radical (unpaired) electrons. The van der Waals surface area contributed by atoms with Crippen LogP contribution in [0, 0.1) is 19.8 Å². The number of alkyl halides is 1. The van der Waals surface area contributed by atoms with Crippen molar-refractivity contribution in [3.8, 4) is 11.1 Å². The standard InChI is InChI=1S/C18H16FN3OS/c1-9-5-10(2)20-8-13(9)11-3-4-15-16(6-11)24-18(21-15)22-17(23)12-7-14(12)19/h3-6,8,12,14H,7H2,1-2H3,(H,21,22,23)/t12-,14?/m1/s1. The minimum atomic E-state index is -0.997. The van der Waals surface area contributed by atoms with E-state index in [0.29, 0.717) is 11.6 Å². The number of hydrogen-bond acceptors (Lipinski definition) is 4. The van der Waals surface area contributed by atoms with Crippen LogP contribution in [0.4, 0.5) is 9.52 Å². The summed E-state index contributed by atoms with van der Waals surface area (Å²) in [6, 6.07) is 8.05. The van der Waals surface area contributed by atoms with Gasteiger partial charge in [0.2, 0.25) is 5.91 Å². The molecule has 1 saturated carbocycles. The lowest BCUT2D eigenvalue weighted by Crippen LogP contribution is -2.14. The zero-order valence-corrected chi connectivity index (χ0v) is 14.2. The van der Waals surface area contributed by atoms with Gasteiger partial charge in [0.15, 0.2) is 5.13 Å². The van der Waals surface area contributed by atoms with E-state index in [0.717, 1.165) is 27.0 Å². The van der Waals surface area contributed by atoms with E-state index >= 15 is 0 Å². The van der Waals surface area contributed by atoms with Gasteiger partial charge in [0.1, 0.15) is 6.17 Å². The highest BCUT2D eigenvalue weighted by Gasteiger charge is 2.43. The average molecular weight is 341 g/mol. The zero-order chi connectivity index (χ0) is 16.8. The van der Waals surface area contributed by atoms with Gasteiger partial charge in [0.05, 0.1) is 16.1 Å². The highest BCUT2D eigenvalue weighted by Crippen LogP contribution is 2.36. The number of nitrogens with zero attached hydrogens (tertiary/aromatic N) is 2. The lowest BCUT2D eigenvalue weighted by molar-refractivity contribution is -0.117. The van der Waals surface area contributed by atoms with E-state index in [1.807, 2.05) is 25.3 Å². The van der Waals surface area contributed by atoms with Gasteiger partial charge in [-0.05, 0) is 49.6 Å². The second-order valence-electron chi connectivity index (χ2n) is 6.19. The van der Waals surface area contributed by atoms with Crippen molar-refractivity contribution < 1.29 is 9.18 Å². The molecule has 3 aromatic rings. The van der Waals surface area contributed by atoms with Crippen molar-refractivity contribution in [1.82, 2.24) is 9.97 Å². The number of hydrogen-bond donors (Lipinski definition) is 1. The van der Waals surface area contributed by atoms with Crippen LogP contribution in [0.1, 0.15) is 17.7 Å². The first-order valence-electron chi connectivity index (χ1n) is 7.80. The molecular weight excluding hydrogens is 325 g/mol. The van der Waals surface area contributed by atoms with Crippen molar-refractivity contribution in [2.24, 2.45) is 5.92 Å². The molecular formula is C18H16FN3OS. The minimum absolute atomic E-state index is 0.277. The van der Waals surface area contributed by atoms with E-state index in [9.17, 15) is 9.18 Å². The highest BCUT2D eigenvalue weighted by molar-refractivity contribution is 7.22. The second kappa shape index (κ2) is 5.63. The minimum Gasteiger partial charge on any atom is -0.302 e. The smallest absolute Gasteiger partial charge is 0.232 e. The second-order valence-corrected chi connectivity index (χ2v) is 7.22. The SMILES string of the molecule is Cc1cc(C)c(-c2ccc3nc(NC(=O)[C@@H]4CC4F)sc3c2)cn1. The molecule has 1 aliphatic carbocycles. The summed E-state index contributed by atoms with van der Waals surface area (Å²) in [6.07, 6.45) is 1.20. The molecule has 0 spiro atoms. The van der Waals surface area contributed by atoms with Crippen LogP contribution in [0.3, 0.4) is 0 Å². The van der Waals surface area contributed by atoms with E-state index < -0.39 is 12.1 Å². The molecule has 2 atom stereocenters. The number of halogens is 1. The molecule has 2 heterocycles. The molecule has 1 aliphatic rings. The first kappa shape index (κ1) is 15.2. The summed E-state index contributed by atoms with van der Waals surface area (Å²) in [4.78, 5) is 20.6. The molecule has 1 fully saturated rings. The molecule has 2 aromatic heterocycles. The maximum Gasteiger partial charge on any atom is 0.232 e. The van der Waals surface area contributed by atoms with E-state index in [1.165, 1.54) is 16.9 Å². The van der Waals surface area contributed by atoms with Gasteiger partial charge in [-0.3, -0.25) is 9.78 Å². The Balaban J connectivity index is 1.64. The third kappa shape index (κ3) is 2.78. The largest absolute Gasteiger partial charge is 0.302 e. The predicted molar refractivity (Wildman–Crippen MR) is 94.0 cm³/mol. The molecule has 4 rings (SSSR count). The topological polar surface area (TPSA) is 54.9 Å². The van der Waals surface area contributed by atoms with Gasteiger partial charge in [-0.25, -0.2) is 9.37 Å². The number of rotatable bonds is 3. The number of benzene rings is 1. The first-order chi connectivity index (χ1) is 11.5. The Hall–Kier alpha value is -2.34. The fraction of sp³-hybridized carbons (Fsp3) is 0.278. The molecule has 0 saturated heterocycles. The van der Waals surface area contributed by atoms with Gasteiger partial charge in [-0.15, -0.1) is 0 Å². The molecule has 0 aliphatic heterocycles. The molecule has 4 nitrogen and oxygen atoms in total. The van der Waals surface area contributed by atoms with Crippen molar-refractivity contribution in [2.75, 3.05) is 5.32 Å². The molecule has 1 N–H and O–H groups in total. The number of anilines is 1. The molecule has 24 heavy (non-hydrogen) atoms. The van der Waals surface area contributed by atoms with Crippen molar-refractivity contribution in [1.29, 1.82) is 0 Å². The Morgan fingerprint density at radius 2 is 2.12 bits per heavy atom. The van der Waals surface area contributed by atoms with Crippen molar-refractivity contribution >= 4 is 32.6 Å². The molecule has 1 aromatic carbocycles. The van der Waals surface area contributed by atoms with Gasteiger partial charge < -0.3 is 5.32 Å². The van der Waals surface area contributed by atoms with Crippen molar-refractivity contribution in [3.05, 3.63) is 41.7 Å². The number of aromatic nitrogens is 2. The van der Waals surface area contributed by atoms with E-state index in [4.69, 9.17) is 0 Å². The monoisotopic (exact) mass is 341 g/mol. The number of carbonyl (C=O) groups excluding carboxylic acids is 1. The normalized spacial score (nSPS) is 19.5. The summed E-state index contributed by atoms with van der Waals surface area (Å²) in [7, 11) is 0. The Kier molecular flexibility index (Phi) is 3.57.